The number of amides is 1. The lowest BCUT2D eigenvalue weighted by Crippen LogP contribution is -2.42. The standard InChI is InChI=1S/C29H34N4O3/c1-21(24-15-9-4-10-16-24)19-25(34)32(18-17-22-11-5-2-6-12-22)26-27(30)33(29(36)31-28(26)35)20-23-13-7-3-8-14-23/h3-4,7-11,13-16,21H,2,5-6,12,17-20,30H2,1H3,(H,31,35,36)/t21-/m1/s1. The molecule has 2 aromatic carbocycles. The van der Waals surface area contributed by atoms with Crippen LogP contribution >= 0.6 is 0 Å². The Kier molecular flexibility index (Phi) is 8.21. The third-order valence-electron chi connectivity index (χ3n) is 6.86. The molecule has 0 bridgehead atoms. The Morgan fingerprint density at radius 1 is 1.06 bits per heavy atom. The van der Waals surface area contributed by atoms with Crippen LogP contribution in [-0.2, 0) is 11.3 Å². The first-order valence-corrected chi connectivity index (χ1v) is 12.6. The number of aromatic amines is 1. The van der Waals surface area contributed by atoms with E-state index >= 15 is 0 Å². The van der Waals surface area contributed by atoms with Crippen LogP contribution in [0, 0.1) is 0 Å². The minimum atomic E-state index is -0.639. The Morgan fingerprint density at radius 3 is 2.42 bits per heavy atom. The van der Waals surface area contributed by atoms with E-state index in [0.29, 0.717) is 13.0 Å². The summed E-state index contributed by atoms with van der Waals surface area (Å²) in [6, 6.07) is 19.3. The lowest BCUT2D eigenvalue weighted by molar-refractivity contribution is -0.118. The van der Waals surface area contributed by atoms with E-state index in [1.165, 1.54) is 21.5 Å². The van der Waals surface area contributed by atoms with Crippen molar-refractivity contribution in [3.8, 4) is 0 Å². The van der Waals surface area contributed by atoms with E-state index < -0.39 is 11.2 Å². The molecule has 0 saturated carbocycles. The molecular formula is C29H34N4O3. The van der Waals surface area contributed by atoms with Crippen molar-refractivity contribution in [1.82, 2.24) is 9.55 Å². The summed E-state index contributed by atoms with van der Waals surface area (Å²) in [5, 5.41) is 0. The van der Waals surface area contributed by atoms with Crippen molar-refractivity contribution in [3.63, 3.8) is 0 Å². The van der Waals surface area contributed by atoms with Gasteiger partial charge >= 0.3 is 5.69 Å². The molecule has 1 aliphatic carbocycles. The van der Waals surface area contributed by atoms with Crippen LogP contribution in [-0.4, -0.2) is 22.0 Å². The maximum Gasteiger partial charge on any atom is 0.330 e. The molecule has 0 unspecified atom stereocenters. The van der Waals surface area contributed by atoms with Gasteiger partial charge in [-0.3, -0.25) is 19.1 Å². The van der Waals surface area contributed by atoms with Gasteiger partial charge in [0.25, 0.3) is 5.56 Å². The van der Waals surface area contributed by atoms with E-state index in [4.69, 9.17) is 5.73 Å². The van der Waals surface area contributed by atoms with Crippen molar-refractivity contribution in [2.45, 2.75) is 57.9 Å². The predicted molar refractivity (Wildman–Crippen MR) is 144 cm³/mol. The second-order valence-corrected chi connectivity index (χ2v) is 9.48. The molecule has 1 amide bonds. The summed E-state index contributed by atoms with van der Waals surface area (Å²) in [7, 11) is 0. The van der Waals surface area contributed by atoms with Crippen molar-refractivity contribution in [2.75, 3.05) is 17.2 Å². The van der Waals surface area contributed by atoms with Gasteiger partial charge in [-0.15, -0.1) is 0 Å². The van der Waals surface area contributed by atoms with Crippen LogP contribution in [0.3, 0.4) is 0 Å². The fourth-order valence-corrected chi connectivity index (χ4v) is 4.78. The van der Waals surface area contributed by atoms with E-state index in [2.05, 4.69) is 11.1 Å². The number of aromatic nitrogens is 2. The Hall–Kier alpha value is -3.87. The highest BCUT2D eigenvalue weighted by Crippen LogP contribution is 2.26. The molecular weight excluding hydrogens is 452 g/mol. The SMILES string of the molecule is C[C@H](CC(=O)N(CCC1=CCCCC1)c1c(N)n(Cc2ccccc2)c(=O)[nH]c1=O)c1ccccc1. The summed E-state index contributed by atoms with van der Waals surface area (Å²) >= 11 is 0. The fourth-order valence-electron chi connectivity index (χ4n) is 4.78. The van der Waals surface area contributed by atoms with Gasteiger partial charge in [-0.1, -0.05) is 79.2 Å². The lowest BCUT2D eigenvalue weighted by atomic mass is 9.96. The van der Waals surface area contributed by atoms with E-state index in [1.54, 1.807) is 0 Å². The summed E-state index contributed by atoms with van der Waals surface area (Å²) in [4.78, 5) is 43.3. The fraction of sp³-hybridized carbons (Fsp3) is 0.345. The van der Waals surface area contributed by atoms with Crippen molar-refractivity contribution < 1.29 is 4.79 Å². The van der Waals surface area contributed by atoms with Crippen LogP contribution in [0.15, 0.2) is 81.9 Å². The molecule has 188 valence electrons. The van der Waals surface area contributed by atoms with Gasteiger partial charge in [0.05, 0.1) is 6.54 Å². The van der Waals surface area contributed by atoms with E-state index in [9.17, 15) is 14.4 Å². The normalized spacial score (nSPS) is 14.2. The summed E-state index contributed by atoms with van der Waals surface area (Å²) in [6.07, 6.45) is 7.48. The highest BCUT2D eigenvalue weighted by Gasteiger charge is 2.26. The molecule has 1 heterocycles. The molecule has 7 nitrogen and oxygen atoms in total. The summed E-state index contributed by atoms with van der Waals surface area (Å²) in [5.41, 5.74) is 8.49. The zero-order valence-corrected chi connectivity index (χ0v) is 20.8. The van der Waals surface area contributed by atoms with E-state index in [-0.39, 0.29) is 36.3 Å². The first kappa shape index (κ1) is 25.2. The number of nitrogen functional groups attached to an aromatic ring is 1. The molecule has 0 fully saturated rings. The van der Waals surface area contributed by atoms with Crippen LogP contribution in [0.25, 0.3) is 0 Å². The molecule has 0 saturated heterocycles. The zero-order valence-electron chi connectivity index (χ0n) is 20.8. The highest BCUT2D eigenvalue weighted by atomic mass is 16.2. The maximum atomic E-state index is 13.7. The number of nitrogens with two attached hydrogens (primary N) is 1. The Labute approximate surface area is 211 Å². The number of allylic oxidation sites excluding steroid dienone is 1. The molecule has 4 rings (SSSR count). The van der Waals surface area contributed by atoms with Gasteiger partial charge in [-0.05, 0) is 49.1 Å². The smallest absolute Gasteiger partial charge is 0.330 e. The molecule has 36 heavy (non-hydrogen) atoms. The van der Waals surface area contributed by atoms with Gasteiger partial charge in [-0.2, -0.15) is 0 Å². The maximum absolute atomic E-state index is 13.7. The van der Waals surface area contributed by atoms with Crippen LogP contribution in [0.2, 0.25) is 0 Å². The van der Waals surface area contributed by atoms with Crippen molar-refractivity contribution in [3.05, 3.63) is 104 Å². The van der Waals surface area contributed by atoms with Crippen LogP contribution in [0.4, 0.5) is 11.5 Å². The Morgan fingerprint density at radius 2 is 1.75 bits per heavy atom. The average Bonchev–Trinajstić information content (AvgIpc) is 2.90. The molecule has 1 atom stereocenters. The topological polar surface area (TPSA) is 101 Å². The van der Waals surface area contributed by atoms with E-state index in [0.717, 1.165) is 30.4 Å². The lowest BCUT2D eigenvalue weighted by Gasteiger charge is -2.27. The predicted octanol–water partition coefficient (Wildman–Crippen LogP) is 4.58. The number of hydrogen-bond acceptors (Lipinski definition) is 4. The van der Waals surface area contributed by atoms with Gasteiger partial charge in [0.15, 0.2) is 5.69 Å². The number of hydrogen-bond donors (Lipinski definition) is 2. The molecule has 0 radical (unpaired) electrons. The molecule has 1 aromatic heterocycles. The number of carbonyl (C=O) groups excluding carboxylic acids is 1. The van der Waals surface area contributed by atoms with Gasteiger partial charge < -0.3 is 10.6 Å². The third kappa shape index (κ3) is 6.03. The molecule has 0 spiro atoms. The van der Waals surface area contributed by atoms with E-state index in [1.807, 2.05) is 67.6 Å². The van der Waals surface area contributed by atoms with Crippen molar-refractivity contribution in [1.29, 1.82) is 0 Å². The highest BCUT2D eigenvalue weighted by molar-refractivity contribution is 5.96. The van der Waals surface area contributed by atoms with Crippen molar-refractivity contribution >= 4 is 17.4 Å². The summed E-state index contributed by atoms with van der Waals surface area (Å²) in [5.74, 6) is -0.221. The largest absolute Gasteiger partial charge is 0.383 e. The zero-order chi connectivity index (χ0) is 25.5. The molecule has 0 aliphatic heterocycles. The number of benzene rings is 2. The Balaban J connectivity index is 1.68. The van der Waals surface area contributed by atoms with Gasteiger partial charge in [0.2, 0.25) is 5.91 Å². The first-order chi connectivity index (χ1) is 17.4. The van der Waals surface area contributed by atoms with Crippen LogP contribution < -0.4 is 21.9 Å². The van der Waals surface area contributed by atoms with Crippen LogP contribution in [0.1, 0.15) is 62.5 Å². The number of nitrogens with one attached hydrogen (secondary N) is 1. The monoisotopic (exact) mass is 486 g/mol. The Bertz CT molecular complexity index is 1330. The number of nitrogens with zero attached hydrogens (tertiary/aromatic N) is 2. The minimum Gasteiger partial charge on any atom is -0.383 e. The van der Waals surface area contributed by atoms with Crippen LogP contribution in [0.5, 0.6) is 0 Å². The number of carbonyl (C=O) groups is 1. The quantitative estimate of drug-likeness (QED) is 0.432. The molecule has 7 heteroatoms. The molecule has 3 aromatic rings. The summed E-state index contributed by atoms with van der Waals surface area (Å²) in [6.45, 7) is 2.53. The minimum absolute atomic E-state index is 0.00550. The second kappa shape index (κ2) is 11.7. The van der Waals surface area contributed by atoms with Crippen molar-refractivity contribution in [2.24, 2.45) is 0 Å². The molecule has 1 aliphatic rings. The number of anilines is 2. The molecule has 3 N–H and O–H groups in total. The average molecular weight is 487 g/mol. The second-order valence-electron chi connectivity index (χ2n) is 9.48. The van der Waals surface area contributed by atoms with Gasteiger partial charge in [0.1, 0.15) is 5.82 Å². The number of H-pyrrole nitrogens is 1. The number of rotatable bonds is 9. The first-order valence-electron chi connectivity index (χ1n) is 12.6. The summed E-state index contributed by atoms with van der Waals surface area (Å²) < 4.78 is 1.33. The van der Waals surface area contributed by atoms with Gasteiger partial charge in [-0.25, -0.2) is 4.79 Å². The third-order valence-corrected chi connectivity index (χ3v) is 6.86. The van der Waals surface area contributed by atoms with Gasteiger partial charge in [0, 0.05) is 13.0 Å².